The molecule has 0 radical (unpaired) electrons. The van der Waals surface area contributed by atoms with Crippen LogP contribution in [0.5, 0.6) is 0 Å². The molecule has 0 atom stereocenters. The van der Waals surface area contributed by atoms with E-state index < -0.39 is 0 Å². The molecule has 0 bridgehead atoms. The number of piperazine rings is 1. The van der Waals surface area contributed by atoms with Gasteiger partial charge in [0.05, 0.1) is 26.2 Å². The summed E-state index contributed by atoms with van der Waals surface area (Å²) < 4.78 is 5.72. The SMILES string of the molecule is CC(=O)N1CC[NH+](Cc2nnc(-c3ccc(Cl)cc3)o2)CC1. The van der Waals surface area contributed by atoms with Gasteiger partial charge in [-0.1, -0.05) is 11.6 Å². The summed E-state index contributed by atoms with van der Waals surface area (Å²) in [6, 6.07) is 7.32. The number of benzene rings is 1. The fourth-order valence-electron chi connectivity index (χ4n) is 2.56. The number of halogens is 1. The van der Waals surface area contributed by atoms with Crippen LogP contribution in [0.25, 0.3) is 11.5 Å². The summed E-state index contributed by atoms with van der Waals surface area (Å²) in [5.41, 5.74) is 0.861. The van der Waals surface area contributed by atoms with Gasteiger partial charge in [-0.2, -0.15) is 0 Å². The van der Waals surface area contributed by atoms with Gasteiger partial charge < -0.3 is 14.2 Å². The zero-order valence-corrected chi connectivity index (χ0v) is 13.1. The average Bonchev–Trinajstić information content (AvgIpc) is 2.97. The normalized spacial score (nSPS) is 16.0. The first-order valence-corrected chi connectivity index (χ1v) is 7.67. The van der Waals surface area contributed by atoms with Crippen molar-refractivity contribution in [2.45, 2.75) is 13.5 Å². The fourth-order valence-corrected chi connectivity index (χ4v) is 2.69. The lowest BCUT2D eigenvalue weighted by Gasteiger charge is -2.30. The van der Waals surface area contributed by atoms with E-state index in [0.29, 0.717) is 23.3 Å². The molecule has 1 aliphatic heterocycles. The minimum atomic E-state index is 0.141. The summed E-state index contributed by atoms with van der Waals surface area (Å²) in [5.74, 6) is 1.27. The third kappa shape index (κ3) is 3.45. The molecule has 1 saturated heterocycles. The van der Waals surface area contributed by atoms with Crippen molar-refractivity contribution in [3.63, 3.8) is 0 Å². The van der Waals surface area contributed by atoms with Crippen molar-refractivity contribution < 1.29 is 14.1 Å². The number of amides is 1. The highest BCUT2D eigenvalue weighted by Gasteiger charge is 2.23. The van der Waals surface area contributed by atoms with Crippen LogP contribution in [0, 0.1) is 0 Å². The number of nitrogens with zero attached hydrogens (tertiary/aromatic N) is 3. The summed E-state index contributed by atoms with van der Waals surface area (Å²) in [7, 11) is 0. The number of aromatic nitrogens is 2. The van der Waals surface area contributed by atoms with Crippen LogP contribution in [-0.4, -0.2) is 47.2 Å². The van der Waals surface area contributed by atoms with Crippen LogP contribution in [0.4, 0.5) is 0 Å². The molecule has 2 heterocycles. The maximum absolute atomic E-state index is 11.3. The summed E-state index contributed by atoms with van der Waals surface area (Å²) >= 11 is 5.87. The highest BCUT2D eigenvalue weighted by atomic mass is 35.5. The second-order valence-corrected chi connectivity index (χ2v) is 5.88. The average molecular weight is 322 g/mol. The Hall–Kier alpha value is -1.92. The Kier molecular flexibility index (Phi) is 4.40. The molecule has 1 amide bonds. The lowest BCUT2D eigenvalue weighted by Crippen LogP contribution is -3.13. The highest BCUT2D eigenvalue weighted by Crippen LogP contribution is 2.19. The Morgan fingerprint density at radius 2 is 1.95 bits per heavy atom. The number of carbonyl (C=O) groups is 1. The first kappa shape index (κ1) is 15.0. The molecule has 1 aromatic carbocycles. The Labute approximate surface area is 133 Å². The molecule has 1 N–H and O–H groups in total. The van der Waals surface area contributed by atoms with Gasteiger partial charge in [0.2, 0.25) is 11.8 Å². The summed E-state index contributed by atoms with van der Waals surface area (Å²) in [6.07, 6.45) is 0. The van der Waals surface area contributed by atoms with Crippen molar-refractivity contribution in [2.75, 3.05) is 26.2 Å². The first-order valence-electron chi connectivity index (χ1n) is 7.29. The molecule has 6 nitrogen and oxygen atoms in total. The third-order valence-corrected chi connectivity index (χ3v) is 4.13. The minimum absolute atomic E-state index is 0.141. The van der Waals surface area contributed by atoms with Crippen LogP contribution in [-0.2, 0) is 11.3 Å². The van der Waals surface area contributed by atoms with Crippen LogP contribution in [0.2, 0.25) is 5.02 Å². The van der Waals surface area contributed by atoms with E-state index in [1.807, 2.05) is 17.0 Å². The highest BCUT2D eigenvalue weighted by molar-refractivity contribution is 6.30. The van der Waals surface area contributed by atoms with E-state index in [1.54, 1.807) is 19.1 Å². The smallest absolute Gasteiger partial charge is 0.271 e. The van der Waals surface area contributed by atoms with Gasteiger partial charge in [0.1, 0.15) is 0 Å². The second-order valence-electron chi connectivity index (χ2n) is 5.44. The van der Waals surface area contributed by atoms with Crippen molar-refractivity contribution in [1.82, 2.24) is 15.1 Å². The van der Waals surface area contributed by atoms with Crippen LogP contribution in [0.1, 0.15) is 12.8 Å². The Balaban J connectivity index is 1.60. The van der Waals surface area contributed by atoms with Crippen molar-refractivity contribution in [1.29, 1.82) is 0 Å². The number of quaternary nitrogens is 1. The zero-order valence-electron chi connectivity index (χ0n) is 12.4. The Morgan fingerprint density at radius 1 is 1.27 bits per heavy atom. The number of hydrogen-bond acceptors (Lipinski definition) is 4. The molecule has 0 aliphatic carbocycles. The van der Waals surface area contributed by atoms with Gasteiger partial charge in [-0.05, 0) is 24.3 Å². The molecule has 7 heteroatoms. The quantitative estimate of drug-likeness (QED) is 0.901. The molecule has 0 unspecified atom stereocenters. The van der Waals surface area contributed by atoms with Gasteiger partial charge in [0, 0.05) is 17.5 Å². The van der Waals surface area contributed by atoms with Crippen molar-refractivity contribution >= 4 is 17.5 Å². The molecule has 3 rings (SSSR count). The van der Waals surface area contributed by atoms with Gasteiger partial charge >= 0.3 is 0 Å². The third-order valence-electron chi connectivity index (χ3n) is 3.88. The molecule has 22 heavy (non-hydrogen) atoms. The molecule has 2 aromatic rings. The number of rotatable bonds is 3. The van der Waals surface area contributed by atoms with Gasteiger partial charge in [0.15, 0.2) is 6.54 Å². The van der Waals surface area contributed by atoms with E-state index in [4.69, 9.17) is 16.0 Å². The van der Waals surface area contributed by atoms with Gasteiger partial charge in [-0.3, -0.25) is 4.79 Å². The summed E-state index contributed by atoms with van der Waals surface area (Å²) in [5, 5.41) is 8.88. The molecule has 1 aromatic heterocycles. The van der Waals surface area contributed by atoms with Crippen LogP contribution in [0.3, 0.4) is 0 Å². The van der Waals surface area contributed by atoms with Crippen LogP contribution < -0.4 is 4.90 Å². The molecule has 1 fully saturated rings. The molecule has 0 saturated carbocycles. The largest absolute Gasteiger partial charge is 0.415 e. The van der Waals surface area contributed by atoms with Crippen LogP contribution >= 0.6 is 11.6 Å². The van der Waals surface area contributed by atoms with Gasteiger partial charge in [-0.25, -0.2) is 0 Å². The zero-order chi connectivity index (χ0) is 15.5. The summed E-state index contributed by atoms with van der Waals surface area (Å²) in [6.45, 7) is 5.66. The lowest BCUT2D eigenvalue weighted by atomic mass is 10.2. The van der Waals surface area contributed by atoms with Crippen molar-refractivity contribution in [3.05, 3.63) is 35.2 Å². The fraction of sp³-hybridized carbons (Fsp3) is 0.400. The number of nitrogens with one attached hydrogen (secondary N) is 1. The van der Waals surface area contributed by atoms with E-state index in [2.05, 4.69) is 10.2 Å². The maximum atomic E-state index is 11.3. The minimum Gasteiger partial charge on any atom is -0.415 e. The van der Waals surface area contributed by atoms with Gasteiger partial charge in [0.25, 0.3) is 5.89 Å². The van der Waals surface area contributed by atoms with E-state index in [9.17, 15) is 4.79 Å². The predicted octanol–water partition coefficient (Wildman–Crippen LogP) is 0.637. The topological polar surface area (TPSA) is 63.7 Å². The van der Waals surface area contributed by atoms with E-state index in [-0.39, 0.29) is 5.91 Å². The molecule has 1 aliphatic rings. The maximum Gasteiger partial charge on any atom is 0.271 e. The van der Waals surface area contributed by atoms with E-state index >= 15 is 0 Å². The first-order chi connectivity index (χ1) is 10.6. The lowest BCUT2D eigenvalue weighted by molar-refractivity contribution is -0.918. The second kappa shape index (κ2) is 6.46. The van der Waals surface area contributed by atoms with Crippen molar-refractivity contribution in [2.24, 2.45) is 0 Å². The van der Waals surface area contributed by atoms with Crippen molar-refractivity contribution in [3.8, 4) is 11.5 Å². The standard InChI is InChI=1S/C15H17ClN4O2/c1-11(21)20-8-6-19(7-9-20)10-14-17-18-15(22-14)12-2-4-13(16)5-3-12/h2-5H,6-10H2,1H3/p+1. The number of hydrogen-bond donors (Lipinski definition) is 1. The summed E-state index contributed by atoms with van der Waals surface area (Å²) in [4.78, 5) is 14.5. The number of carbonyl (C=O) groups excluding carboxylic acids is 1. The molecule has 116 valence electrons. The van der Waals surface area contributed by atoms with E-state index in [1.165, 1.54) is 4.90 Å². The monoisotopic (exact) mass is 321 g/mol. The molecular formula is C15H18ClN4O2+. The predicted molar refractivity (Wildman–Crippen MR) is 81.4 cm³/mol. The van der Waals surface area contributed by atoms with Crippen LogP contribution in [0.15, 0.2) is 28.7 Å². The Bertz CT molecular complexity index is 648. The van der Waals surface area contributed by atoms with E-state index in [0.717, 1.165) is 31.7 Å². The molecule has 0 spiro atoms. The molecular weight excluding hydrogens is 304 g/mol. The van der Waals surface area contributed by atoms with Gasteiger partial charge in [-0.15, -0.1) is 10.2 Å². The Morgan fingerprint density at radius 3 is 2.59 bits per heavy atom.